The van der Waals surface area contributed by atoms with E-state index >= 15 is 0 Å². The highest BCUT2D eigenvalue weighted by molar-refractivity contribution is 7.99. The summed E-state index contributed by atoms with van der Waals surface area (Å²) in [6, 6.07) is 24.9. The van der Waals surface area contributed by atoms with E-state index in [2.05, 4.69) is 10.6 Å². The van der Waals surface area contributed by atoms with E-state index in [0.717, 1.165) is 21.1 Å². The SMILES string of the molecule is COc1ccc(CCNC(=O)C(=O)Nc2ccccc2Sc2ccccc2)cc1. The van der Waals surface area contributed by atoms with Gasteiger partial charge in [-0.2, -0.15) is 0 Å². The predicted molar refractivity (Wildman–Crippen MR) is 115 cm³/mol. The van der Waals surface area contributed by atoms with Gasteiger partial charge in [-0.1, -0.05) is 54.2 Å². The van der Waals surface area contributed by atoms with Crippen molar-refractivity contribution >= 4 is 29.3 Å². The lowest BCUT2D eigenvalue weighted by molar-refractivity contribution is -0.136. The maximum atomic E-state index is 12.3. The summed E-state index contributed by atoms with van der Waals surface area (Å²) >= 11 is 1.53. The first-order valence-corrected chi connectivity index (χ1v) is 10.0. The highest BCUT2D eigenvalue weighted by atomic mass is 32.2. The van der Waals surface area contributed by atoms with Crippen LogP contribution in [0.25, 0.3) is 0 Å². The van der Waals surface area contributed by atoms with E-state index < -0.39 is 11.8 Å². The molecule has 0 heterocycles. The van der Waals surface area contributed by atoms with Crippen molar-refractivity contribution in [2.75, 3.05) is 19.0 Å². The fourth-order valence-corrected chi connectivity index (χ4v) is 3.57. The van der Waals surface area contributed by atoms with Crippen molar-refractivity contribution in [3.8, 4) is 5.75 Å². The summed E-state index contributed by atoms with van der Waals surface area (Å²) in [4.78, 5) is 26.4. The van der Waals surface area contributed by atoms with E-state index in [0.29, 0.717) is 18.7 Å². The first-order valence-electron chi connectivity index (χ1n) is 9.20. The zero-order chi connectivity index (χ0) is 20.5. The number of hydrogen-bond acceptors (Lipinski definition) is 4. The number of carbonyl (C=O) groups is 2. The molecule has 148 valence electrons. The van der Waals surface area contributed by atoms with Crippen LogP contribution >= 0.6 is 11.8 Å². The van der Waals surface area contributed by atoms with Crippen LogP contribution in [-0.4, -0.2) is 25.5 Å². The smallest absolute Gasteiger partial charge is 0.313 e. The van der Waals surface area contributed by atoms with Crippen LogP contribution in [0.1, 0.15) is 5.56 Å². The highest BCUT2D eigenvalue weighted by Gasteiger charge is 2.15. The molecule has 0 spiro atoms. The Morgan fingerprint density at radius 2 is 1.55 bits per heavy atom. The molecule has 0 aliphatic carbocycles. The summed E-state index contributed by atoms with van der Waals surface area (Å²) in [6.07, 6.45) is 0.628. The lowest BCUT2D eigenvalue weighted by atomic mass is 10.1. The van der Waals surface area contributed by atoms with Crippen LogP contribution in [0.3, 0.4) is 0 Å². The molecule has 0 bridgehead atoms. The summed E-state index contributed by atoms with van der Waals surface area (Å²) in [5.74, 6) is -0.553. The molecule has 0 aromatic heterocycles. The van der Waals surface area contributed by atoms with Gasteiger partial charge in [-0.3, -0.25) is 9.59 Å². The third-order valence-electron chi connectivity index (χ3n) is 4.17. The van der Waals surface area contributed by atoms with Crippen molar-refractivity contribution in [2.45, 2.75) is 16.2 Å². The number of methoxy groups -OCH3 is 1. The van der Waals surface area contributed by atoms with Gasteiger partial charge in [-0.15, -0.1) is 0 Å². The Balaban J connectivity index is 1.53. The fraction of sp³-hybridized carbons (Fsp3) is 0.130. The van der Waals surface area contributed by atoms with Gasteiger partial charge >= 0.3 is 11.8 Å². The molecule has 0 saturated carbocycles. The molecular weight excluding hydrogens is 384 g/mol. The molecule has 0 fully saturated rings. The van der Waals surface area contributed by atoms with Gasteiger partial charge in [-0.25, -0.2) is 0 Å². The molecule has 3 aromatic rings. The third kappa shape index (κ3) is 6.12. The fourth-order valence-electron chi connectivity index (χ4n) is 2.65. The van der Waals surface area contributed by atoms with Crippen LogP contribution < -0.4 is 15.4 Å². The second kappa shape index (κ2) is 10.3. The van der Waals surface area contributed by atoms with Gasteiger partial charge < -0.3 is 15.4 Å². The van der Waals surface area contributed by atoms with Crippen LogP contribution in [0.15, 0.2) is 88.7 Å². The summed E-state index contributed by atoms with van der Waals surface area (Å²) in [6.45, 7) is 0.374. The normalized spacial score (nSPS) is 10.2. The number of hydrogen-bond donors (Lipinski definition) is 2. The Labute approximate surface area is 174 Å². The summed E-state index contributed by atoms with van der Waals surface area (Å²) in [5.41, 5.74) is 1.66. The largest absolute Gasteiger partial charge is 0.497 e. The number of nitrogens with one attached hydrogen (secondary N) is 2. The molecule has 6 heteroatoms. The first-order chi connectivity index (χ1) is 14.2. The van der Waals surface area contributed by atoms with Gasteiger partial charge in [0.1, 0.15) is 5.75 Å². The maximum absolute atomic E-state index is 12.3. The minimum absolute atomic E-state index is 0.374. The number of anilines is 1. The van der Waals surface area contributed by atoms with Gasteiger partial charge in [0.25, 0.3) is 0 Å². The second-order valence-electron chi connectivity index (χ2n) is 6.22. The Morgan fingerprint density at radius 1 is 0.862 bits per heavy atom. The average Bonchev–Trinajstić information content (AvgIpc) is 2.76. The predicted octanol–water partition coefficient (Wildman–Crippen LogP) is 4.14. The van der Waals surface area contributed by atoms with Crippen LogP contribution in [0.5, 0.6) is 5.75 Å². The van der Waals surface area contributed by atoms with Crippen molar-refractivity contribution in [1.29, 1.82) is 0 Å². The lowest BCUT2D eigenvalue weighted by Crippen LogP contribution is -2.36. The van der Waals surface area contributed by atoms with Crippen LogP contribution in [-0.2, 0) is 16.0 Å². The minimum Gasteiger partial charge on any atom is -0.497 e. The molecule has 0 aliphatic heterocycles. The number of benzene rings is 3. The topological polar surface area (TPSA) is 67.4 Å². The van der Waals surface area contributed by atoms with Crippen molar-refractivity contribution in [2.24, 2.45) is 0 Å². The van der Waals surface area contributed by atoms with E-state index in [1.807, 2.05) is 72.8 Å². The quantitative estimate of drug-likeness (QED) is 0.579. The van der Waals surface area contributed by atoms with Crippen LogP contribution in [0.2, 0.25) is 0 Å². The van der Waals surface area contributed by atoms with Gasteiger partial charge in [0.05, 0.1) is 12.8 Å². The van der Waals surface area contributed by atoms with Gasteiger partial charge in [0.2, 0.25) is 0 Å². The van der Waals surface area contributed by atoms with Crippen molar-refractivity contribution < 1.29 is 14.3 Å². The number of para-hydroxylation sites is 1. The maximum Gasteiger partial charge on any atom is 0.313 e. The molecule has 0 radical (unpaired) electrons. The van der Waals surface area contributed by atoms with E-state index in [9.17, 15) is 9.59 Å². The van der Waals surface area contributed by atoms with E-state index in [-0.39, 0.29) is 0 Å². The zero-order valence-corrected chi connectivity index (χ0v) is 16.9. The Bertz CT molecular complexity index is 959. The van der Waals surface area contributed by atoms with Crippen LogP contribution in [0, 0.1) is 0 Å². The van der Waals surface area contributed by atoms with E-state index in [1.54, 1.807) is 13.2 Å². The summed E-state index contributed by atoms with van der Waals surface area (Å²) in [5, 5.41) is 5.37. The number of carbonyl (C=O) groups excluding carboxylic acids is 2. The highest BCUT2D eigenvalue weighted by Crippen LogP contribution is 2.33. The second-order valence-corrected chi connectivity index (χ2v) is 7.33. The van der Waals surface area contributed by atoms with E-state index in [1.165, 1.54) is 11.8 Å². The first kappa shape index (κ1) is 20.5. The molecule has 0 atom stereocenters. The molecule has 2 amide bonds. The Morgan fingerprint density at radius 3 is 2.28 bits per heavy atom. The monoisotopic (exact) mass is 406 g/mol. The molecule has 2 N–H and O–H groups in total. The van der Waals surface area contributed by atoms with Gasteiger partial charge in [0, 0.05) is 16.3 Å². The number of amides is 2. The molecule has 29 heavy (non-hydrogen) atoms. The minimum atomic E-state index is -0.680. The average molecular weight is 407 g/mol. The molecule has 5 nitrogen and oxygen atoms in total. The van der Waals surface area contributed by atoms with E-state index in [4.69, 9.17) is 4.74 Å². The number of rotatable bonds is 7. The summed E-state index contributed by atoms with van der Waals surface area (Å²) in [7, 11) is 1.62. The van der Waals surface area contributed by atoms with Crippen LogP contribution in [0.4, 0.5) is 5.69 Å². The molecular formula is C23H22N2O3S. The Hall–Kier alpha value is -3.25. The Kier molecular flexibility index (Phi) is 7.30. The van der Waals surface area contributed by atoms with Crippen molar-refractivity contribution in [3.05, 3.63) is 84.4 Å². The molecule has 3 rings (SSSR count). The van der Waals surface area contributed by atoms with Gasteiger partial charge in [0.15, 0.2) is 0 Å². The molecule has 0 saturated heterocycles. The molecule has 3 aromatic carbocycles. The standard InChI is InChI=1S/C23H22N2O3S/c1-28-18-13-11-17(12-14-18)15-16-24-22(26)23(27)25-20-9-5-6-10-21(20)29-19-7-3-2-4-8-19/h2-14H,15-16H2,1H3,(H,24,26)(H,25,27). The molecule has 0 aliphatic rings. The lowest BCUT2D eigenvalue weighted by Gasteiger charge is -2.11. The number of ether oxygens (including phenoxy) is 1. The van der Waals surface area contributed by atoms with Crippen molar-refractivity contribution in [3.63, 3.8) is 0 Å². The molecule has 0 unspecified atom stereocenters. The van der Waals surface area contributed by atoms with Crippen molar-refractivity contribution in [1.82, 2.24) is 5.32 Å². The third-order valence-corrected chi connectivity index (χ3v) is 5.25. The van der Waals surface area contributed by atoms with Gasteiger partial charge in [-0.05, 0) is 48.4 Å². The zero-order valence-electron chi connectivity index (χ0n) is 16.1. The summed E-state index contributed by atoms with van der Waals surface area (Å²) < 4.78 is 5.12.